The molecule has 9 heteroatoms. The Labute approximate surface area is 199 Å². The number of amides is 1. The van der Waals surface area contributed by atoms with Gasteiger partial charge in [0.1, 0.15) is 5.82 Å². The first-order chi connectivity index (χ1) is 15.8. The maximum atomic E-state index is 14.0. The van der Waals surface area contributed by atoms with Crippen molar-refractivity contribution in [3.05, 3.63) is 58.9 Å². The van der Waals surface area contributed by atoms with E-state index in [-0.39, 0.29) is 22.5 Å². The van der Waals surface area contributed by atoms with Crippen LogP contribution in [-0.4, -0.2) is 49.7 Å². The number of likely N-dealkylation sites (tertiary alicyclic amines) is 1. The lowest BCUT2D eigenvalue weighted by Crippen LogP contribution is -2.38. The summed E-state index contributed by atoms with van der Waals surface area (Å²) in [5.74, 6) is -0.535. The van der Waals surface area contributed by atoms with Crippen molar-refractivity contribution in [1.82, 2.24) is 9.21 Å². The Bertz CT molecular complexity index is 1060. The van der Waals surface area contributed by atoms with Crippen LogP contribution in [0.5, 0.6) is 0 Å². The smallest absolute Gasteiger partial charge is 0.243 e. The van der Waals surface area contributed by atoms with Gasteiger partial charge in [-0.3, -0.25) is 9.69 Å². The molecule has 2 aromatic rings. The van der Waals surface area contributed by atoms with Gasteiger partial charge in [-0.2, -0.15) is 4.31 Å². The Hall–Kier alpha value is -2.00. The Morgan fingerprint density at radius 3 is 2.30 bits per heavy atom. The van der Waals surface area contributed by atoms with Crippen molar-refractivity contribution in [2.45, 2.75) is 43.5 Å². The fourth-order valence-corrected chi connectivity index (χ4v) is 6.21. The van der Waals surface area contributed by atoms with Crippen LogP contribution in [0.4, 0.5) is 10.1 Å². The van der Waals surface area contributed by atoms with Crippen LogP contribution in [0, 0.1) is 11.7 Å². The molecule has 178 valence electrons. The molecule has 0 spiro atoms. The molecule has 4 rings (SSSR count). The van der Waals surface area contributed by atoms with E-state index in [0.717, 1.165) is 19.3 Å². The van der Waals surface area contributed by atoms with Gasteiger partial charge in [0.15, 0.2) is 0 Å². The van der Waals surface area contributed by atoms with Crippen LogP contribution in [0.15, 0.2) is 47.4 Å². The fraction of sp³-hybridized carbons (Fsp3) is 0.458. The van der Waals surface area contributed by atoms with Crippen LogP contribution in [0.2, 0.25) is 5.02 Å². The molecule has 1 N–H and O–H groups in total. The summed E-state index contributed by atoms with van der Waals surface area (Å²) in [5, 5.41) is 3.32. The third kappa shape index (κ3) is 5.74. The van der Waals surface area contributed by atoms with Crippen molar-refractivity contribution in [1.29, 1.82) is 0 Å². The number of nitrogens with one attached hydrogen (secondary N) is 1. The van der Waals surface area contributed by atoms with Gasteiger partial charge in [-0.1, -0.05) is 24.1 Å². The summed E-state index contributed by atoms with van der Waals surface area (Å²) >= 11 is 6.13. The van der Waals surface area contributed by atoms with Crippen LogP contribution in [0.25, 0.3) is 0 Å². The molecule has 0 unspecified atom stereocenters. The average molecular weight is 494 g/mol. The van der Waals surface area contributed by atoms with E-state index >= 15 is 0 Å². The van der Waals surface area contributed by atoms with Gasteiger partial charge in [0.25, 0.3) is 0 Å². The summed E-state index contributed by atoms with van der Waals surface area (Å²) in [6.45, 7) is 2.89. The van der Waals surface area contributed by atoms with Crippen LogP contribution < -0.4 is 5.32 Å². The maximum absolute atomic E-state index is 14.0. The number of anilines is 1. The molecule has 2 aliphatic rings. The average Bonchev–Trinajstić information content (AvgIpc) is 2.83. The second-order valence-corrected chi connectivity index (χ2v) is 11.1. The molecule has 2 aliphatic heterocycles. The van der Waals surface area contributed by atoms with E-state index in [1.54, 1.807) is 36.4 Å². The summed E-state index contributed by atoms with van der Waals surface area (Å²) in [4.78, 5) is 15.1. The van der Waals surface area contributed by atoms with Crippen molar-refractivity contribution in [2.75, 3.05) is 31.5 Å². The molecule has 2 heterocycles. The van der Waals surface area contributed by atoms with Gasteiger partial charge in [0.2, 0.25) is 15.9 Å². The second kappa shape index (κ2) is 10.5. The lowest BCUT2D eigenvalue weighted by molar-refractivity contribution is -0.121. The monoisotopic (exact) mass is 493 g/mol. The quantitative estimate of drug-likeness (QED) is 0.643. The van der Waals surface area contributed by atoms with Crippen molar-refractivity contribution in [3.8, 4) is 0 Å². The lowest BCUT2D eigenvalue weighted by atomic mass is 9.95. The number of carbonyl (C=O) groups is 1. The number of hydrogen-bond acceptors (Lipinski definition) is 4. The first-order valence-electron chi connectivity index (χ1n) is 11.4. The SMILES string of the molecule is O=C(Nc1ccc(S(=O)(=O)N2CCCCC2)cc1)C1CCN(Cc2c(F)cccc2Cl)CC1. The number of hydrogen-bond donors (Lipinski definition) is 1. The molecule has 0 atom stereocenters. The van der Waals surface area contributed by atoms with Gasteiger partial charge in [-0.25, -0.2) is 12.8 Å². The van der Waals surface area contributed by atoms with Crippen molar-refractivity contribution in [3.63, 3.8) is 0 Å². The zero-order chi connectivity index (χ0) is 23.4. The molecular formula is C24H29ClFN3O3S. The van der Waals surface area contributed by atoms with Crippen molar-refractivity contribution < 1.29 is 17.6 Å². The van der Waals surface area contributed by atoms with E-state index in [1.165, 1.54) is 10.4 Å². The van der Waals surface area contributed by atoms with E-state index in [1.807, 2.05) is 0 Å². The fourth-order valence-electron chi connectivity index (χ4n) is 4.47. The van der Waals surface area contributed by atoms with E-state index < -0.39 is 10.0 Å². The summed E-state index contributed by atoms with van der Waals surface area (Å²) in [6.07, 6.45) is 4.17. The van der Waals surface area contributed by atoms with Gasteiger partial charge in [-0.15, -0.1) is 0 Å². The molecule has 0 saturated carbocycles. The summed E-state index contributed by atoms with van der Waals surface area (Å²) in [7, 11) is -3.49. The minimum Gasteiger partial charge on any atom is -0.326 e. The highest BCUT2D eigenvalue weighted by atomic mass is 35.5. The van der Waals surface area contributed by atoms with Crippen LogP contribution in [0.3, 0.4) is 0 Å². The predicted octanol–water partition coefficient (Wildman–Crippen LogP) is 4.50. The number of benzene rings is 2. The van der Waals surface area contributed by atoms with Gasteiger partial charge < -0.3 is 5.32 Å². The molecule has 33 heavy (non-hydrogen) atoms. The topological polar surface area (TPSA) is 69.7 Å². The van der Waals surface area contributed by atoms with Crippen LogP contribution >= 0.6 is 11.6 Å². The summed E-state index contributed by atoms with van der Waals surface area (Å²) < 4.78 is 41.1. The summed E-state index contributed by atoms with van der Waals surface area (Å²) in [5.41, 5.74) is 1.07. The highest BCUT2D eigenvalue weighted by Crippen LogP contribution is 2.26. The highest BCUT2D eigenvalue weighted by molar-refractivity contribution is 7.89. The van der Waals surface area contributed by atoms with E-state index in [2.05, 4.69) is 10.2 Å². The number of piperidine rings is 2. The minimum atomic E-state index is -3.49. The van der Waals surface area contributed by atoms with Crippen LogP contribution in [0.1, 0.15) is 37.7 Å². The molecule has 2 saturated heterocycles. The lowest BCUT2D eigenvalue weighted by Gasteiger charge is -2.31. The zero-order valence-electron chi connectivity index (χ0n) is 18.5. The molecule has 0 aliphatic carbocycles. The molecule has 6 nitrogen and oxygen atoms in total. The Morgan fingerprint density at radius 1 is 1.00 bits per heavy atom. The number of carbonyl (C=O) groups excluding carboxylic acids is 1. The van der Waals surface area contributed by atoms with E-state index in [4.69, 9.17) is 11.6 Å². The largest absolute Gasteiger partial charge is 0.326 e. The Balaban J connectivity index is 1.30. The standard InChI is InChI=1S/C24H29ClFN3O3S/c25-22-5-4-6-23(26)21(22)17-28-15-11-18(12-16-28)24(30)27-19-7-9-20(10-8-19)33(31,32)29-13-2-1-3-14-29/h4-10,18H,1-3,11-17H2,(H,27,30). The number of halogens is 2. The van der Waals surface area contributed by atoms with E-state index in [9.17, 15) is 17.6 Å². The first-order valence-corrected chi connectivity index (χ1v) is 13.2. The van der Waals surface area contributed by atoms with Crippen molar-refractivity contribution in [2.24, 2.45) is 5.92 Å². The first kappa shape index (κ1) is 24.1. The molecule has 0 radical (unpaired) electrons. The third-order valence-electron chi connectivity index (χ3n) is 6.48. The predicted molar refractivity (Wildman–Crippen MR) is 127 cm³/mol. The normalized spacial score (nSPS) is 18.8. The van der Waals surface area contributed by atoms with Crippen LogP contribution in [-0.2, 0) is 21.4 Å². The van der Waals surface area contributed by atoms with Gasteiger partial charge in [0.05, 0.1) is 4.90 Å². The molecule has 0 bridgehead atoms. The molecule has 2 fully saturated rings. The van der Waals surface area contributed by atoms with Gasteiger partial charge in [0, 0.05) is 41.8 Å². The van der Waals surface area contributed by atoms with Gasteiger partial charge in [-0.05, 0) is 75.2 Å². The molecule has 0 aromatic heterocycles. The third-order valence-corrected chi connectivity index (χ3v) is 8.74. The summed E-state index contributed by atoms with van der Waals surface area (Å²) in [6, 6.07) is 11.1. The number of sulfonamides is 1. The highest BCUT2D eigenvalue weighted by Gasteiger charge is 2.27. The number of rotatable bonds is 6. The Kier molecular flexibility index (Phi) is 7.69. The van der Waals surface area contributed by atoms with Gasteiger partial charge >= 0.3 is 0 Å². The second-order valence-electron chi connectivity index (χ2n) is 8.73. The molecule has 2 aromatic carbocycles. The zero-order valence-corrected chi connectivity index (χ0v) is 20.0. The molecular weight excluding hydrogens is 465 g/mol. The maximum Gasteiger partial charge on any atom is 0.243 e. The van der Waals surface area contributed by atoms with E-state index in [0.29, 0.717) is 61.8 Å². The Morgan fingerprint density at radius 2 is 1.67 bits per heavy atom. The van der Waals surface area contributed by atoms with Crippen molar-refractivity contribution >= 4 is 33.2 Å². The minimum absolute atomic E-state index is 0.0785. The number of nitrogens with zero attached hydrogens (tertiary/aromatic N) is 2. The molecule has 1 amide bonds.